The first-order valence-corrected chi connectivity index (χ1v) is 4.97. The number of benzene rings is 1. The minimum absolute atomic E-state index is 0.110. The van der Waals surface area contributed by atoms with Gasteiger partial charge in [0.05, 0.1) is 0 Å². The Morgan fingerprint density at radius 2 is 2.06 bits per heavy atom. The number of nitrogens with zero attached hydrogens (tertiary/aromatic N) is 1. The molecule has 3 rings (SSSR count). The summed E-state index contributed by atoms with van der Waals surface area (Å²) in [6.07, 6.45) is 1.84. The summed E-state index contributed by atoms with van der Waals surface area (Å²) < 4.78 is 1.78. The Labute approximate surface area is 90.8 Å². The van der Waals surface area contributed by atoms with E-state index in [1.54, 1.807) is 22.8 Å². The highest BCUT2D eigenvalue weighted by Crippen LogP contribution is 2.24. The predicted molar refractivity (Wildman–Crippen MR) is 62.7 cm³/mol. The number of phenols is 1. The lowest BCUT2D eigenvalue weighted by Gasteiger charge is -2.01. The monoisotopic (exact) mass is 214 g/mol. The molecule has 0 aliphatic heterocycles. The largest absolute Gasteiger partial charge is 0.508 e. The average Bonchev–Trinajstić information content (AvgIpc) is 2.63. The molecule has 0 saturated heterocycles. The van der Waals surface area contributed by atoms with Crippen LogP contribution in [0.1, 0.15) is 0 Å². The molecule has 0 saturated carbocycles. The van der Waals surface area contributed by atoms with Crippen LogP contribution >= 0.6 is 0 Å². The van der Waals surface area contributed by atoms with Crippen LogP contribution in [0.5, 0.6) is 5.75 Å². The lowest BCUT2D eigenvalue weighted by Crippen LogP contribution is -2.09. The first-order valence-electron chi connectivity index (χ1n) is 4.97. The van der Waals surface area contributed by atoms with Crippen LogP contribution in [0, 0.1) is 0 Å². The third kappa shape index (κ3) is 1.07. The van der Waals surface area contributed by atoms with Gasteiger partial charge in [0.2, 0.25) is 0 Å². The smallest absolute Gasteiger partial charge is 0.272 e. The number of aryl methyl sites for hydroxylation is 1. The van der Waals surface area contributed by atoms with Crippen LogP contribution in [0.25, 0.3) is 21.8 Å². The molecule has 0 radical (unpaired) electrons. The Morgan fingerprint density at radius 3 is 2.88 bits per heavy atom. The SMILES string of the molecule is Cn1ccc2c3cc(O)ccc3[nH]c(=O)c21. The van der Waals surface area contributed by atoms with Gasteiger partial charge in [0, 0.05) is 29.5 Å². The number of aromatic nitrogens is 2. The number of aromatic hydroxyl groups is 1. The summed E-state index contributed by atoms with van der Waals surface area (Å²) in [6, 6.07) is 6.81. The number of hydrogen-bond acceptors (Lipinski definition) is 2. The van der Waals surface area contributed by atoms with Crippen LogP contribution < -0.4 is 5.56 Å². The zero-order valence-electron chi connectivity index (χ0n) is 8.69. The van der Waals surface area contributed by atoms with E-state index in [9.17, 15) is 9.90 Å². The fourth-order valence-corrected chi connectivity index (χ4v) is 2.08. The summed E-state index contributed by atoms with van der Waals surface area (Å²) >= 11 is 0. The van der Waals surface area contributed by atoms with Crippen molar-refractivity contribution in [2.45, 2.75) is 0 Å². The summed E-state index contributed by atoms with van der Waals surface area (Å²) in [4.78, 5) is 14.6. The van der Waals surface area contributed by atoms with Gasteiger partial charge in [-0.25, -0.2) is 0 Å². The van der Waals surface area contributed by atoms with Crippen LogP contribution in [0.2, 0.25) is 0 Å². The molecule has 4 nitrogen and oxygen atoms in total. The Bertz CT molecular complexity index is 753. The zero-order chi connectivity index (χ0) is 11.3. The molecular formula is C12H10N2O2. The van der Waals surface area contributed by atoms with Crippen molar-refractivity contribution in [2.75, 3.05) is 0 Å². The molecule has 0 aliphatic rings. The lowest BCUT2D eigenvalue weighted by molar-refractivity contribution is 0.476. The fourth-order valence-electron chi connectivity index (χ4n) is 2.08. The number of H-pyrrole nitrogens is 1. The summed E-state index contributed by atoms with van der Waals surface area (Å²) in [6.45, 7) is 0. The number of hydrogen-bond donors (Lipinski definition) is 2. The molecule has 16 heavy (non-hydrogen) atoms. The Kier molecular flexibility index (Phi) is 1.63. The Balaban J connectivity index is 2.67. The van der Waals surface area contributed by atoms with Gasteiger partial charge in [-0.2, -0.15) is 0 Å². The van der Waals surface area contributed by atoms with Gasteiger partial charge in [-0.15, -0.1) is 0 Å². The van der Waals surface area contributed by atoms with Gasteiger partial charge in [-0.1, -0.05) is 0 Å². The standard InChI is InChI=1S/C12H10N2O2/c1-14-5-4-8-9-6-7(15)2-3-10(9)13-12(16)11(8)14/h2-6,15H,1H3,(H,13,16). The van der Waals surface area contributed by atoms with E-state index >= 15 is 0 Å². The predicted octanol–water partition coefficient (Wildman–Crippen LogP) is 1.73. The number of aromatic amines is 1. The lowest BCUT2D eigenvalue weighted by atomic mass is 10.1. The van der Waals surface area contributed by atoms with Crippen molar-refractivity contribution < 1.29 is 5.11 Å². The Morgan fingerprint density at radius 1 is 1.25 bits per heavy atom. The first-order chi connectivity index (χ1) is 7.66. The second kappa shape index (κ2) is 2.88. The molecule has 3 aromatic rings. The molecule has 0 fully saturated rings. The third-order valence-corrected chi connectivity index (χ3v) is 2.83. The molecular weight excluding hydrogens is 204 g/mol. The normalized spacial score (nSPS) is 11.3. The molecule has 2 heterocycles. The molecule has 4 heteroatoms. The highest BCUT2D eigenvalue weighted by molar-refractivity contribution is 6.04. The van der Waals surface area contributed by atoms with Gasteiger partial charge in [0.1, 0.15) is 11.3 Å². The van der Waals surface area contributed by atoms with E-state index < -0.39 is 0 Å². The van der Waals surface area contributed by atoms with Crippen molar-refractivity contribution in [3.63, 3.8) is 0 Å². The summed E-state index contributed by atoms with van der Waals surface area (Å²) in [5.74, 6) is 0.199. The highest BCUT2D eigenvalue weighted by atomic mass is 16.3. The van der Waals surface area contributed by atoms with Crippen molar-refractivity contribution in [1.82, 2.24) is 9.55 Å². The molecule has 0 aliphatic carbocycles. The van der Waals surface area contributed by atoms with E-state index in [1.807, 2.05) is 19.3 Å². The van der Waals surface area contributed by atoms with E-state index in [1.165, 1.54) is 0 Å². The minimum Gasteiger partial charge on any atom is -0.508 e. The maximum Gasteiger partial charge on any atom is 0.272 e. The van der Waals surface area contributed by atoms with Crippen LogP contribution in [0.15, 0.2) is 35.3 Å². The second-order valence-electron chi connectivity index (χ2n) is 3.87. The van der Waals surface area contributed by atoms with Gasteiger partial charge in [-0.3, -0.25) is 4.79 Å². The van der Waals surface area contributed by atoms with Crippen molar-refractivity contribution in [3.05, 3.63) is 40.8 Å². The molecule has 0 spiro atoms. The number of phenolic OH excluding ortho intramolecular Hbond substituents is 1. The van der Waals surface area contributed by atoms with Crippen LogP contribution in [0.3, 0.4) is 0 Å². The summed E-state index contributed by atoms with van der Waals surface area (Å²) in [7, 11) is 1.83. The van der Waals surface area contributed by atoms with Crippen LogP contribution in [-0.4, -0.2) is 14.7 Å². The maximum atomic E-state index is 11.8. The number of pyridine rings is 1. The van der Waals surface area contributed by atoms with Gasteiger partial charge >= 0.3 is 0 Å². The molecule has 0 atom stereocenters. The van der Waals surface area contributed by atoms with Gasteiger partial charge in [0.15, 0.2) is 0 Å². The first kappa shape index (κ1) is 9.03. The Hall–Kier alpha value is -2.23. The number of rotatable bonds is 0. The van der Waals surface area contributed by atoms with Gasteiger partial charge in [0.25, 0.3) is 5.56 Å². The van der Waals surface area contributed by atoms with E-state index in [0.717, 1.165) is 16.3 Å². The summed E-state index contributed by atoms with van der Waals surface area (Å²) in [5.41, 5.74) is 1.25. The van der Waals surface area contributed by atoms with Crippen molar-refractivity contribution in [1.29, 1.82) is 0 Å². The fraction of sp³-hybridized carbons (Fsp3) is 0.0833. The van der Waals surface area contributed by atoms with Crippen LogP contribution in [0.4, 0.5) is 0 Å². The van der Waals surface area contributed by atoms with E-state index in [0.29, 0.717) is 5.52 Å². The number of nitrogens with one attached hydrogen (secondary N) is 1. The minimum atomic E-state index is -0.110. The molecule has 2 aromatic heterocycles. The topological polar surface area (TPSA) is 58.0 Å². The average molecular weight is 214 g/mol. The third-order valence-electron chi connectivity index (χ3n) is 2.83. The van der Waals surface area contributed by atoms with Crippen LogP contribution in [-0.2, 0) is 7.05 Å². The second-order valence-corrected chi connectivity index (χ2v) is 3.87. The molecule has 0 bridgehead atoms. The van der Waals surface area contributed by atoms with E-state index in [2.05, 4.69) is 4.98 Å². The van der Waals surface area contributed by atoms with Crippen molar-refractivity contribution in [2.24, 2.45) is 7.05 Å². The zero-order valence-corrected chi connectivity index (χ0v) is 8.69. The number of fused-ring (bicyclic) bond motifs is 3. The van der Waals surface area contributed by atoms with E-state index in [-0.39, 0.29) is 11.3 Å². The van der Waals surface area contributed by atoms with Crippen molar-refractivity contribution >= 4 is 21.8 Å². The molecule has 2 N–H and O–H groups in total. The summed E-state index contributed by atoms with van der Waals surface area (Å²) in [5, 5.41) is 11.2. The van der Waals surface area contributed by atoms with Crippen molar-refractivity contribution in [3.8, 4) is 5.75 Å². The van der Waals surface area contributed by atoms with Gasteiger partial charge in [-0.05, 0) is 24.3 Å². The maximum absolute atomic E-state index is 11.8. The molecule has 1 aromatic carbocycles. The van der Waals surface area contributed by atoms with Gasteiger partial charge < -0.3 is 14.7 Å². The quantitative estimate of drug-likeness (QED) is 0.598. The van der Waals surface area contributed by atoms with E-state index in [4.69, 9.17) is 0 Å². The molecule has 0 amide bonds. The molecule has 0 unspecified atom stereocenters. The molecule has 80 valence electrons. The highest BCUT2D eigenvalue weighted by Gasteiger charge is 2.08.